The van der Waals surface area contributed by atoms with Crippen LogP contribution in [0, 0.1) is 0 Å². The molecule has 0 fully saturated rings. The minimum Gasteiger partial charge on any atom is -0.225 e. The molecular formula is C10H12F3NO2S. The number of nitrogens with two attached hydrogens (primary N) is 1. The highest BCUT2D eigenvalue weighted by Crippen LogP contribution is 2.35. The summed E-state index contributed by atoms with van der Waals surface area (Å²) < 4.78 is 60.2. The second-order valence-corrected chi connectivity index (χ2v) is 5.48. The molecule has 96 valence electrons. The van der Waals surface area contributed by atoms with Gasteiger partial charge in [-0.1, -0.05) is 19.9 Å². The van der Waals surface area contributed by atoms with Crippen molar-refractivity contribution in [2.75, 3.05) is 0 Å². The van der Waals surface area contributed by atoms with E-state index in [1.54, 1.807) is 13.8 Å². The van der Waals surface area contributed by atoms with Gasteiger partial charge < -0.3 is 0 Å². The summed E-state index contributed by atoms with van der Waals surface area (Å²) in [6.45, 7) is 3.43. The van der Waals surface area contributed by atoms with E-state index in [-0.39, 0.29) is 5.92 Å². The maximum atomic E-state index is 12.7. The van der Waals surface area contributed by atoms with Crippen molar-refractivity contribution in [1.82, 2.24) is 0 Å². The van der Waals surface area contributed by atoms with E-state index < -0.39 is 26.7 Å². The molecule has 0 aliphatic carbocycles. The average Bonchev–Trinajstić information content (AvgIpc) is 2.14. The second kappa shape index (κ2) is 4.30. The van der Waals surface area contributed by atoms with Crippen LogP contribution in [0.5, 0.6) is 0 Å². The summed E-state index contributed by atoms with van der Waals surface area (Å²) in [7, 11) is -4.38. The largest absolute Gasteiger partial charge is 0.417 e. The Balaban J connectivity index is 3.55. The third-order valence-electron chi connectivity index (χ3n) is 2.28. The van der Waals surface area contributed by atoms with E-state index in [9.17, 15) is 21.6 Å². The van der Waals surface area contributed by atoms with Gasteiger partial charge in [-0.3, -0.25) is 0 Å². The summed E-state index contributed by atoms with van der Waals surface area (Å²) >= 11 is 0. The lowest BCUT2D eigenvalue weighted by Gasteiger charge is -2.14. The number of alkyl halides is 3. The highest BCUT2D eigenvalue weighted by Gasteiger charge is 2.36. The molecule has 0 saturated carbocycles. The van der Waals surface area contributed by atoms with E-state index in [1.807, 2.05) is 0 Å². The number of rotatable bonds is 2. The van der Waals surface area contributed by atoms with E-state index in [2.05, 4.69) is 0 Å². The fourth-order valence-corrected chi connectivity index (χ4v) is 2.12. The maximum absolute atomic E-state index is 12.7. The molecule has 0 aliphatic rings. The minimum absolute atomic E-state index is 0.134. The van der Waals surface area contributed by atoms with Crippen LogP contribution < -0.4 is 5.14 Å². The molecular weight excluding hydrogens is 255 g/mol. The summed E-state index contributed by atoms with van der Waals surface area (Å²) in [5.74, 6) is -0.134. The van der Waals surface area contributed by atoms with Crippen LogP contribution in [0.3, 0.4) is 0 Å². The predicted molar refractivity (Wildman–Crippen MR) is 56.9 cm³/mol. The molecule has 0 aromatic heterocycles. The molecule has 2 N–H and O–H groups in total. The molecule has 0 atom stereocenters. The van der Waals surface area contributed by atoms with E-state index in [0.29, 0.717) is 5.56 Å². The molecule has 0 amide bonds. The summed E-state index contributed by atoms with van der Waals surface area (Å²) in [5, 5.41) is 4.75. The molecule has 0 spiro atoms. The van der Waals surface area contributed by atoms with Crippen LogP contribution in [0.2, 0.25) is 0 Å². The van der Waals surface area contributed by atoms with Crippen LogP contribution in [-0.4, -0.2) is 8.42 Å². The van der Waals surface area contributed by atoms with Gasteiger partial charge in [0.15, 0.2) is 0 Å². The molecule has 17 heavy (non-hydrogen) atoms. The zero-order valence-electron chi connectivity index (χ0n) is 9.25. The lowest BCUT2D eigenvalue weighted by Crippen LogP contribution is -2.19. The lowest BCUT2D eigenvalue weighted by atomic mass is 10.0. The molecule has 0 radical (unpaired) electrons. The normalized spacial score (nSPS) is 13.1. The SMILES string of the molecule is CC(C)c1ccc(S(N)(=O)=O)c(C(F)(F)F)c1. The van der Waals surface area contributed by atoms with Gasteiger partial charge in [0.2, 0.25) is 10.0 Å². The highest BCUT2D eigenvalue weighted by atomic mass is 32.2. The molecule has 0 unspecified atom stereocenters. The molecule has 7 heteroatoms. The molecule has 3 nitrogen and oxygen atoms in total. The van der Waals surface area contributed by atoms with E-state index in [4.69, 9.17) is 5.14 Å². The Morgan fingerprint density at radius 1 is 1.24 bits per heavy atom. The Kier molecular flexibility index (Phi) is 3.54. The van der Waals surface area contributed by atoms with Crippen LogP contribution >= 0.6 is 0 Å². The molecule has 0 heterocycles. The number of primary sulfonamides is 1. The van der Waals surface area contributed by atoms with Gasteiger partial charge in [0, 0.05) is 0 Å². The molecule has 1 aromatic carbocycles. The quantitative estimate of drug-likeness (QED) is 0.894. The van der Waals surface area contributed by atoms with Gasteiger partial charge in [0.1, 0.15) is 0 Å². The molecule has 1 rings (SSSR count). The van der Waals surface area contributed by atoms with Crippen molar-refractivity contribution in [2.24, 2.45) is 5.14 Å². The van der Waals surface area contributed by atoms with Crippen molar-refractivity contribution in [3.05, 3.63) is 29.3 Å². The average molecular weight is 267 g/mol. The summed E-state index contributed by atoms with van der Waals surface area (Å²) in [4.78, 5) is -0.894. The van der Waals surface area contributed by atoms with Crippen molar-refractivity contribution >= 4 is 10.0 Å². The van der Waals surface area contributed by atoms with Crippen LogP contribution in [0.4, 0.5) is 13.2 Å². The monoisotopic (exact) mass is 267 g/mol. The smallest absolute Gasteiger partial charge is 0.225 e. The number of hydrogen-bond acceptors (Lipinski definition) is 2. The first-order valence-corrected chi connectivity index (χ1v) is 6.32. The van der Waals surface area contributed by atoms with Gasteiger partial charge >= 0.3 is 6.18 Å². The second-order valence-electron chi connectivity index (χ2n) is 3.95. The van der Waals surface area contributed by atoms with Gasteiger partial charge in [-0.05, 0) is 23.6 Å². The standard InChI is InChI=1S/C10H12F3NO2S/c1-6(2)7-3-4-9(17(14,15)16)8(5-7)10(11,12)13/h3-6H,1-2H3,(H2,14,15,16). The Morgan fingerprint density at radius 3 is 2.12 bits per heavy atom. The third kappa shape index (κ3) is 3.19. The van der Waals surface area contributed by atoms with Crippen LogP contribution in [-0.2, 0) is 16.2 Å². The van der Waals surface area contributed by atoms with Crippen molar-refractivity contribution in [3.63, 3.8) is 0 Å². The van der Waals surface area contributed by atoms with Gasteiger partial charge in [-0.15, -0.1) is 0 Å². The van der Waals surface area contributed by atoms with Crippen LogP contribution in [0.25, 0.3) is 0 Å². The first-order valence-electron chi connectivity index (χ1n) is 4.77. The van der Waals surface area contributed by atoms with Crippen molar-refractivity contribution in [1.29, 1.82) is 0 Å². The molecule has 0 aliphatic heterocycles. The van der Waals surface area contributed by atoms with Gasteiger partial charge in [-0.2, -0.15) is 13.2 Å². The molecule has 1 aromatic rings. The van der Waals surface area contributed by atoms with E-state index in [1.165, 1.54) is 6.07 Å². The molecule has 0 bridgehead atoms. The zero-order valence-corrected chi connectivity index (χ0v) is 10.1. The van der Waals surface area contributed by atoms with Gasteiger partial charge in [0.05, 0.1) is 10.5 Å². The fourth-order valence-electron chi connectivity index (χ4n) is 1.38. The van der Waals surface area contributed by atoms with Crippen LogP contribution in [0.1, 0.15) is 30.9 Å². The Morgan fingerprint density at radius 2 is 1.76 bits per heavy atom. The summed E-state index contributed by atoms with van der Waals surface area (Å²) in [5.41, 5.74) is -0.809. The summed E-state index contributed by atoms with van der Waals surface area (Å²) in [6, 6.07) is 3.05. The van der Waals surface area contributed by atoms with Crippen molar-refractivity contribution in [3.8, 4) is 0 Å². The Hall–Kier alpha value is -1.08. The number of sulfonamides is 1. The maximum Gasteiger partial charge on any atom is 0.417 e. The molecule has 0 saturated heterocycles. The fraction of sp³-hybridized carbons (Fsp3) is 0.400. The highest BCUT2D eigenvalue weighted by molar-refractivity contribution is 7.89. The van der Waals surface area contributed by atoms with Crippen LogP contribution in [0.15, 0.2) is 23.1 Å². The van der Waals surface area contributed by atoms with Crippen molar-refractivity contribution < 1.29 is 21.6 Å². The predicted octanol–water partition coefficient (Wildman–Crippen LogP) is 2.48. The zero-order chi connectivity index (χ0) is 13.4. The number of halogens is 3. The van der Waals surface area contributed by atoms with Gasteiger partial charge in [0.25, 0.3) is 0 Å². The van der Waals surface area contributed by atoms with E-state index in [0.717, 1.165) is 12.1 Å². The number of hydrogen-bond donors (Lipinski definition) is 1. The topological polar surface area (TPSA) is 60.2 Å². The first kappa shape index (κ1) is 14.0. The Labute approximate surface area is 97.5 Å². The third-order valence-corrected chi connectivity index (χ3v) is 3.25. The lowest BCUT2D eigenvalue weighted by molar-refractivity contribution is -0.139. The Bertz CT molecular complexity index is 521. The summed E-state index contributed by atoms with van der Waals surface area (Å²) in [6.07, 6.45) is -4.74. The van der Waals surface area contributed by atoms with E-state index >= 15 is 0 Å². The first-order chi connectivity index (χ1) is 7.53. The van der Waals surface area contributed by atoms with Crippen molar-refractivity contribution in [2.45, 2.75) is 30.8 Å². The van der Waals surface area contributed by atoms with Gasteiger partial charge in [-0.25, -0.2) is 13.6 Å². The number of benzene rings is 1. The minimum atomic E-state index is -4.74.